The largest absolute Gasteiger partial charge is 0.383 e. The number of thiophene rings is 1. The van der Waals surface area contributed by atoms with Gasteiger partial charge in [0.2, 0.25) is 0 Å². The fourth-order valence-electron chi connectivity index (χ4n) is 1.81. The third kappa shape index (κ3) is 2.43. The van der Waals surface area contributed by atoms with E-state index in [1.807, 2.05) is 24.0 Å². The molecule has 0 radical (unpaired) electrons. The first-order valence-electron chi connectivity index (χ1n) is 5.90. The summed E-state index contributed by atoms with van der Waals surface area (Å²) in [6.45, 7) is 3.02. The number of imidazole rings is 1. The summed E-state index contributed by atoms with van der Waals surface area (Å²) in [4.78, 5) is 13.9. The van der Waals surface area contributed by atoms with Crippen molar-refractivity contribution in [2.45, 2.75) is 24.4 Å². The number of thioether (sulfide) groups is 1. The number of hydrogen-bond acceptors (Lipinski definition) is 6. The molecule has 3 aromatic heterocycles. The molecule has 0 fully saturated rings. The van der Waals surface area contributed by atoms with Crippen LogP contribution in [0.25, 0.3) is 10.2 Å². The number of rotatable bonds is 4. The highest BCUT2D eigenvalue weighted by atomic mass is 32.2. The van der Waals surface area contributed by atoms with Crippen molar-refractivity contribution in [1.29, 1.82) is 0 Å². The molecule has 0 unspecified atom stereocenters. The number of aromatic nitrogens is 4. The van der Waals surface area contributed by atoms with Crippen molar-refractivity contribution in [2.75, 3.05) is 5.73 Å². The molecule has 2 N–H and O–H groups in total. The molecule has 7 heteroatoms. The van der Waals surface area contributed by atoms with E-state index >= 15 is 0 Å². The van der Waals surface area contributed by atoms with Gasteiger partial charge in [0, 0.05) is 24.2 Å². The Kier molecular flexibility index (Phi) is 3.39. The monoisotopic (exact) mass is 291 g/mol. The van der Waals surface area contributed by atoms with Crippen LogP contribution in [0.2, 0.25) is 0 Å². The van der Waals surface area contributed by atoms with E-state index in [1.165, 1.54) is 5.69 Å². The van der Waals surface area contributed by atoms with Gasteiger partial charge in [0.25, 0.3) is 0 Å². The van der Waals surface area contributed by atoms with Crippen LogP contribution in [0.3, 0.4) is 0 Å². The Morgan fingerprint density at radius 3 is 3.16 bits per heavy atom. The van der Waals surface area contributed by atoms with E-state index in [4.69, 9.17) is 5.73 Å². The first kappa shape index (κ1) is 12.4. The normalized spacial score (nSPS) is 11.2. The summed E-state index contributed by atoms with van der Waals surface area (Å²) in [6.07, 6.45) is 3.72. The van der Waals surface area contributed by atoms with E-state index in [0.717, 1.165) is 27.7 Å². The fourth-order valence-corrected chi connectivity index (χ4v) is 3.48. The zero-order valence-corrected chi connectivity index (χ0v) is 12.0. The first-order chi connectivity index (χ1) is 9.28. The lowest BCUT2D eigenvalue weighted by Gasteiger charge is -2.05. The first-order valence-corrected chi connectivity index (χ1v) is 7.77. The number of nitrogen functional groups attached to an aromatic ring is 1. The predicted molar refractivity (Wildman–Crippen MR) is 79.3 cm³/mol. The maximum Gasteiger partial charge on any atom is 0.191 e. The number of fused-ring (bicyclic) bond motifs is 1. The van der Waals surface area contributed by atoms with E-state index in [1.54, 1.807) is 23.1 Å². The SMILES string of the molecule is CCn1cncc1CSc1nc(N)c2ccsc2n1. The predicted octanol–water partition coefficient (Wildman–Crippen LogP) is 2.78. The summed E-state index contributed by atoms with van der Waals surface area (Å²) >= 11 is 3.17. The molecular formula is C12H13N5S2. The Bertz CT molecular complexity index is 703. The minimum absolute atomic E-state index is 0.553. The molecule has 98 valence electrons. The third-order valence-corrected chi connectivity index (χ3v) is 4.51. The van der Waals surface area contributed by atoms with Gasteiger partial charge in [0.15, 0.2) is 5.16 Å². The van der Waals surface area contributed by atoms with Crippen LogP contribution in [-0.2, 0) is 12.3 Å². The van der Waals surface area contributed by atoms with Crippen LogP contribution in [0.5, 0.6) is 0 Å². The average Bonchev–Trinajstić information content (AvgIpc) is 3.04. The Hall–Kier alpha value is -1.60. The standard InChI is InChI=1S/C12H13N5S2/c1-2-17-7-14-5-8(17)6-19-12-15-10(13)9-3-4-18-11(9)16-12/h3-5,7H,2,6H2,1H3,(H2,13,15,16). The smallest absolute Gasteiger partial charge is 0.191 e. The van der Waals surface area contributed by atoms with Gasteiger partial charge in [-0.25, -0.2) is 15.0 Å². The second-order valence-electron chi connectivity index (χ2n) is 3.99. The van der Waals surface area contributed by atoms with Crippen molar-refractivity contribution in [2.24, 2.45) is 0 Å². The molecule has 0 spiro atoms. The summed E-state index contributed by atoms with van der Waals surface area (Å²) in [5, 5.41) is 3.64. The van der Waals surface area contributed by atoms with Gasteiger partial charge in [-0.15, -0.1) is 11.3 Å². The van der Waals surface area contributed by atoms with Gasteiger partial charge in [-0.1, -0.05) is 11.8 Å². The molecule has 0 aliphatic heterocycles. The Labute approximate surface area is 118 Å². The quantitative estimate of drug-likeness (QED) is 0.591. The maximum atomic E-state index is 5.93. The molecule has 0 bridgehead atoms. The van der Waals surface area contributed by atoms with Gasteiger partial charge in [-0.2, -0.15) is 0 Å². The molecule has 0 aromatic carbocycles. The van der Waals surface area contributed by atoms with Crippen LogP contribution in [0.15, 0.2) is 29.1 Å². The summed E-state index contributed by atoms with van der Waals surface area (Å²) in [5.41, 5.74) is 7.10. The third-order valence-electron chi connectivity index (χ3n) is 2.82. The number of anilines is 1. The molecule has 3 aromatic rings. The Morgan fingerprint density at radius 2 is 2.32 bits per heavy atom. The van der Waals surface area contributed by atoms with Gasteiger partial charge in [-0.05, 0) is 18.4 Å². The van der Waals surface area contributed by atoms with Crippen LogP contribution in [-0.4, -0.2) is 19.5 Å². The lowest BCUT2D eigenvalue weighted by atomic mass is 10.4. The zero-order valence-electron chi connectivity index (χ0n) is 10.4. The zero-order chi connectivity index (χ0) is 13.2. The van der Waals surface area contributed by atoms with Crippen LogP contribution >= 0.6 is 23.1 Å². The number of aryl methyl sites for hydroxylation is 1. The van der Waals surface area contributed by atoms with Crippen LogP contribution in [0.1, 0.15) is 12.6 Å². The summed E-state index contributed by atoms with van der Waals surface area (Å²) in [7, 11) is 0. The van der Waals surface area contributed by atoms with Gasteiger partial charge >= 0.3 is 0 Å². The summed E-state index contributed by atoms with van der Waals surface area (Å²) in [5.74, 6) is 1.35. The second-order valence-corrected chi connectivity index (χ2v) is 5.83. The maximum absolute atomic E-state index is 5.93. The summed E-state index contributed by atoms with van der Waals surface area (Å²) in [6, 6.07) is 1.95. The van der Waals surface area contributed by atoms with Crippen molar-refractivity contribution in [3.05, 3.63) is 29.7 Å². The van der Waals surface area contributed by atoms with E-state index in [-0.39, 0.29) is 0 Å². The molecule has 3 rings (SSSR count). The minimum Gasteiger partial charge on any atom is -0.383 e. The van der Waals surface area contributed by atoms with Gasteiger partial charge in [-0.3, -0.25) is 0 Å². The Balaban J connectivity index is 1.82. The fraction of sp³-hybridized carbons (Fsp3) is 0.250. The van der Waals surface area contributed by atoms with E-state index < -0.39 is 0 Å². The van der Waals surface area contributed by atoms with Gasteiger partial charge in [0.1, 0.15) is 10.6 Å². The summed E-state index contributed by atoms with van der Waals surface area (Å²) < 4.78 is 2.11. The van der Waals surface area contributed by atoms with E-state index in [2.05, 4.69) is 26.4 Å². The van der Waals surface area contributed by atoms with Crippen molar-refractivity contribution in [3.8, 4) is 0 Å². The molecule has 0 atom stereocenters. The highest BCUT2D eigenvalue weighted by Crippen LogP contribution is 2.27. The molecule has 0 amide bonds. The lowest BCUT2D eigenvalue weighted by molar-refractivity contribution is 0.733. The number of nitrogens with two attached hydrogens (primary N) is 1. The molecule has 3 heterocycles. The molecule has 0 saturated carbocycles. The van der Waals surface area contributed by atoms with Gasteiger partial charge < -0.3 is 10.3 Å². The van der Waals surface area contributed by atoms with Crippen LogP contribution < -0.4 is 5.73 Å². The average molecular weight is 291 g/mol. The van der Waals surface area contributed by atoms with Crippen molar-refractivity contribution in [1.82, 2.24) is 19.5 Å². The van der Waals surface area contributed by atoms with Gasteiger partial charge in [0.05, 0.1) is 11.7 Å². The molecule has 0 aliphatic rings. The van der Waals surface area contributed by atoms with Crippen molar-refractivity contribution in [3.63, 3.8) is 0 Å². The highest BCUT2D eigenvalue weighted by Gasteiger charge is 2.08. The van der Waals surface area contributed by atoms with E-state index in [0.29, 0.717) is 5.82 Å². The molecular weight excluding hydrogens is 278 g/mol. The van der Waals surface area contributed by atoms with Crippen molar-refractivity contribution < 1.29 is 0 Å². The minimum atomic E-state index is 0.553. The lowest BCUT2D eigenvalue weighted by Crippen LogP contribution is -1.99. The van der Waals surface area contributed by atoms with Crippen LogP contribution in [0.4, 0.5) is 5.82 Å². The topological polar surface area (TPSA) is 69.6 Å². The molecule has 0 aliphatic carbocycles. The Morgan fingerprint density at radius 1 is 1.42 bits per heavy atom. The second kappa shape index (κ2) is 5.18. The molecule has 19 heavy (non-hydrogen) atoms. The molecule has 5 nitrogen and oxygen atoms in total. The molecule has 0 saturated heterocycles. The highest BCUT2D eigenvalue weighted by molar-refractivity contribution is 7.98. The van der Waals surface area contributed by atoms with Crippen LogP contribution in [0, 0.1) is 0 Å². The van der Waals surface area contributed by atoms with Crippen molar-refractivity contribution >= 4 is 39.1 Å². The number of hydrogen-bond donors (Lipinski definition) is 1. The number of nitrogens with zero attached hydrogens (tertiary/aromatic N) is 4. The van der Waals surface area contributed by atoms with E-state index in [9.17, 15) is 0 Å².